The quantitative estimate of drug-likeness (QED) is 0.917. The topological polar surface area (TPSA) is 58.1 Å². The Labute approximate surface area is 120 Å². The first kappa shape index (κ1) is 14.8. The number of hydrogen-bond donors (Lipinski definition) is 1. The molecule has 1 N–H and O–H groups in total. The minimum absolute atomic E-state index is 0.144. The third-order valence-electron chi connectivity index (χ3n) is 3.79. The molecule has 0 aromatic carbocycles. The maximum Gasteiger partial charge on any atom is 0.271 e. The van der Waals surface area contributed by atoms with Gasteiger partial charge in [0.15, 0.2) is 0 Å². The summed E-state index contributed by atoms with van der Waals surface area (Å²) in [5, 5.41) is 2.90. The third kappa shape index (κ3) is 3.92. The van der Waals surface area contributed by atoms with Crippen LogP contribution in [0.5, 0.6) is 0 Å². The number of aromatic nitrogens is 2. The van der Waals surface area contributed by atoms with E-state index in [1.54, 1.807) is 12.4 Å². The van der Waals surface area contributed by atoms with Gasteiger partial charge in [-0.2, -0.15) is 0 Å². The fourth-order valence-corrected chi connectivity index (χ4v) is 2.30. The molecule has 5 heteroatoms. The van der Waals surface area contributed by atoms with Crippen molar-refractivity contribution < 1.29 is 4.79 Å². The van der Waals surface area contributed by atoms with E-state index >= 15 is 0 Å². The van der Waals surface area contributed by atoms with Gasteiger partial charge in [0.25, 0.3) is 5.91 Å². The van der Waals surface area contributed by atoms with E-state index < -0.39 is 0 Å². The summed E-state index contributed by atoms with van der Waals surface area (Å²) >= 11 is 0. The summed E-state index contributed by atoms with van der Waals surface area (Å²) in [4.78, 5) is 22.8. The summed E-state index contributed by atoms with van der Waals surface area (Å²) in [5.74, 6) is 0.737. The minimum atomic E-state index is -0.144. The summed E-state index contributed by atoms with van der Waals surface area (Å²) < 4.78 is 0. The maximum absolute atomic E-state index is 11.9. The van der Waals surface area contributed by atoms with Gasteiger partial charge >= 0.3 is 0 Å². The van der Waals surface area contributed by atoms with Crippen LogP contribution in [0.3, 0.4) is 0 Å². The van der Waals surface area contributed by atoms with Gasteiger partial charge in [-0.3, -0.25) is 4.79 Å². The molecule has 2 heterocycles. The van der Waals surface area contributed by atoms with E-state index in [0.717, 1.165) is 25.3 Å². The molecule has 1 atom stereocenters. The molecule has 5 nitrogen and oxygen atoms in total. The van der Waals surface area contributed by atoms with E-state index in [0.29, 0.717) is 5.69 Å². The number of nitrogens with one attached hydrogen (secondary N) is 1. The molecule has 1 aliphatic rings. The lowest BCUT2D eigenvalue weighted by atomic mass is 10.2. The molecule has 0 radical (unpaired) electrons. The van der Waals surface area contributed by atoms with Crippen molar-refractivity contribution in [2.45, 2.75) is 52.0 Å². The standard InChI is InChI=1S/C15H24N4O/c1-3-12(2)18-15(20)13-10-17-14(11-16-13)19-8-6-4-5-7-9-19/h10-12H,3-9H2,1-2H3,(H,18,20). The largest absolute Gasteiger partial charge is 0.355 e. The van der Waals surface area contributed by atoms with E-state index in [-0.39, 0.29) is 11.9 Å². The van der Waals surface area contributed by atoms with Crippen LogP contribution in [-0.4, -0.2) is 35.0 Å². The highest BCUT2D eigenvalue weighted by Crippen LogP contribution is 2.16. The van der Waals surface area contributed by atoms with Gasteiger partial charge in [0.05, 0.1) is 12.4 Å². The average Bonchev–Trinajstić information content (AvgIpc) is 2.76. The van der Waals surface area contributed by atoms with Gasteiger partial charge in [-0.1, -0.05) is 19.8 Å². The molecule has 20 heavy (non-hydrogen) atoms. The van der Waals surface area contributed by atoms with Crippen molar-refractivity contribution in [1.29, 1.82) is 0 Å². The summed E-state index contributed by atoms with van der Waals surface area (Å²) in [6.07, 6.45) is 9.20. The second-order valence-corrected chi connectivity index (χ2v) is 5.44. The lowest BCUT2D eigenvalue weighted by Gasteiger charge is -2.20. The predicted octanol–water partition coefficient (Wildman–Crippen LogP) is 2.39. The predicted molar refractivity (Wildman–Crippen MR) is 79.9 cm³/mol. The van der Waals surface area contributed by atoms with E-state index in [2.05, 4.69) is 20.2 Å². The monoisotopic (exact) mass is 276 g/mol. The molecule has 110 valence electrons. The van der Waals surface area contributed by atoms with Crippen LogP contribution in [0.15, 0.2) is 12.4 Å². The highest BCUT2D eigenvalue weighted by atomic mass is 16.1. The fraction of sp³-hybridized carbons (Fsp3) is 0.667. The van der Waals surface area contributed by atoms with Crippen LogP contribution in [0.2, 0.25) is 0 Å². The molecule has 1 aromatic rings. The van der Waals surface area contributed by atoms with Crippen molar-refractivity contribution in [1.82, 2.24) is 15.3 Å². The van der Waals surface area contributed by atoms with Crippen LogP contribution in [0.4, 0.5) is 5.82 Å². The second kappa shape index (κ2) is 7.22. The van der Waals surface area contributed by atoms with Gasteiger partial charge in [-0.05, 0) is 26.2 Å². The number of amides is 1. The molecule has 1 fully saturated rings. The fourth-order valence-electron chi connectivity index (χ4n) is 2.30. The van der Waals surface area contributed by atoms with Gasteiger partial charge < -0.3 is 10.2 Å². The number of anilines is 1. The zero-order chi connectivity index (χ0) is 14.4. The first-order valence-electron chi connectivity index (χ1n) is 7.58. The second-order valence-electron chi connectivity index (χ2n) is 5.44. The molecule has 1 aromatic heterocycles. The Morgan fingerprint density at radius 1 is 1.25 bits per heavy atom. The summed E-state index contributed by atoms with van der Waals surface area (Å²) in [6.45, 7) is 6.09. The molecule has 1 unspecified atom stereocenters. The van der Waals surface area contributed by atoms with E-state index in [4.69, 9.17) is 0 Å². The maximum atomic E-state index is 11.9. The van der Waals surface area contributed by atoms with Crippen LogP contribution >= 0.6 is 0 Å². The Balaban J connectivity index is 2.00. The molecule has 0 bridgehead atoms. The number of carbonyl (C=O) groups excluding carboxylic acids is 1. The summed E-state index contributed by atoms with van der Waals surface area (Å²) in [5.41, 5.74) is 0.392. The Hall–Kier alpha value is -1.65. The molecule has 1 aliphatic heterocycles. The van der Waals surface area contributed by atoms with Gasteiger partial charge in [0.2, 0.25) is 0 Å². The molecule has 0 aliphatic carbocycles. The van der Waals surface area contributed by atoms with Gasteiger partial charge in [0, 0.05) is 19.1 Å². The lowest BCUT2D eigenvalue weighted by molar-refractivity contribution is 0.0934. The Kier molecular flexibility index (Phi) is 5.32. The van der Waals surface area contributed by atoms with Crippen molar-refractivity contribution >= 4 is 11.7 Å². The summed E-state index contributed by atoms with van der Waals surface area (Å²) in [6, 6.07) is 0.162. The Bertz CT molecular complexity index is 424. The van der Waals surface area contributed by atoms with Crippen molar-refractivity contribution in [2.24, 2.45) is 0 Å². The van der Waals surface area contributed by atoms with Crippen molar-refractivity contribution in [3.8, 4) is 0 Å². The number of nitrogens with zero attached hydrogens (tertiary/aromatic N) is 3. The smallest absolute Gasteiger partial charge is 0.271 e. The number of carbonyl (C=O) groups is 1. The van der Waals surface area contributed by atoms with Crippen LogP contribution in [0.25, 0.3) is 0 Å². The first-order valence-corrected chi connectivity index (χ1v) is 7.58. The molecule has 0 saturated carbocycles. The van der Waals surface area contributed by atoms with Crippen LogP contribution in [0.1, 0.15) is 56.4 Å². The van der Waals surface area contributed by atoms with E-state index in [1.807, 2.05) is 13.8 Å². The molecule has 1 saturated heterocycles. The minimum Gasteiger partial charge on any atom is -0.355 e. The van der Waals surface area contributed by atoms with Gasteiger partial charge in [0.1, 0.15) is 11.5 Å². The lowest BCUT2D eigenvalue weighted by Crippen LogP contribution is -2.33. The SMILES string of the molecule is CCC(C)NC(=O)c1cnc(N2CCCCCC2)cn1. The number of hydrogen-bond acceptors (Lipinski definition) is 4. The molecular weight excluding hydrogens is 252 g/mol. The Morgan fingerprint density at radius 2 is 1.95 bits per heavy atom. The molecule has 1 amide bonds. The normalized spacial score (nSPS) is 17.4. The van der Waals surface area contributed by atoms with E-state index in [9.17, 15) is 4.79 Å². The third-order valence-corrected chi connectivity index (χ3v) is 3.79. The van der Waals surface area contributed by atoms with Crippen molar-refractivity contribution in [3.05, 3.63) is 18.1 Å². The summed E-state index contributed by atoms with van der Waals surface area (Å²) in [7, 11) is 0. The highest BCUT2D eigenvalue weighted by molar-refractivity contribution is 5.92. The van der Waals surface area contributed by atoms with Crippen LogP contribution in [0, 0.1) is 0 Å². The molecular formula is C15H24N4O. The average molecular weight is 276 g/mol. The van der Waals surface area contributed by atoms with Crippen molar-refractivity contribution in [3.63, 3.8) is 0 Å². The zero-order valence-corrected chi connectivity index (χ0v) is 12.4. The van der Waals surface area contributed by atoms with Crippen LogP contribution in [-0.2, 0) is 0 Å². The zero-order valence-electron chi connectivity index (χ0n) is 12.4. The first-order chi connectivity index (χ1) is 9.70. The Morgan fingerprint density at radius 3 is 2.50 bits per heavy atom. The van der Waals surface area contributed by atoms with Gasteiger partial charge in [-0.25, -0.2) is 9.97 Å². The van der Waals surface area contributed by atoms with E-state index in [1.165, 1.54) is 25.7 Å². The van der Waals surface area contributed by atoms with Crippen LogP contribution < -0.4 is 10.2 Å². The van der Waals surface area contributed by atoms with Gasteiger partial charge in [-0.15, -0.1) is 0 Å². The number of rotatable bonds is 4. The van der Waals surface area contributed by atoms with Crippen molar-refractivity contribution in [2.75, 3.05) is 18.0 Å². The molecule has 2 rings (SSSR count). The highest BCUT2D eigenvalue weighted by Gasteiger charge is 2.14. The molecule has 0 spiro atoms.